The van der Waals surface area contributed by atoms with Crippen LogP contribution >= 0.6 is 0 Å². The summed E-state index contributed by atoms with van der Waals surface area (Å²) < 4.78 is 1.89. The fourth-order valence-electron chi connectivity index (χ4n) is 3.13. The lowest BCUT2D eigenvalue weighted by Crippen LogP contribution is -2.38. The van der Waals surface area contributed by atoms with Gasteiger partial charge in [0.05, 0.1) is 12.2 Å². The fraction of sp³-hybridized carbons (Fsp3) is 0.667. The van der Waals surface area contributed by atoms with Gasteiger partial charge in [0.2, 0.25) is 11.8 Å². The van der Waals surface area contributed by atoms with Crippen molar-refractivity contribution in [3.63, 3.8) is 0 Å². The van der Waals surface area contributed by atoms with Gasteiger partial charge in [0.15, 0.2) is 0 Å². The molecule has 0 bridgehead atoms. The highest BCUT2D eigenvalue weighted by molar-refractivity contribution is 5.93. The Kier molecular flexibility index (Phi) is 3.94. The van der Waals surface area contributed by atoms with Crippen LogP contribution in [0.5, 0.6) is 0 Å². The van der Waals surface area contributed by atoms with Gasteiger partial charge < -0.3 is 4.90 Å². The minimum Gasteiger partial charge on any atom is -0.343 e. The smallest absolute Gasteiger partial charge is 0.229 e. The van der Waals surface area contributed by atoms with Gasteiger partial charge in [-0.15, -0.1) is 0 Å². The van der Waals surface area contributed by atoms with Crippen LogP contribution in [-0.2, 0) is 16.1 Å². The topological polar surface area (TPSA) is 58.4 Å². The Morgan fingerprint density at radius 3 is 2.81 bits per heavy atom. The maximum Gasteiger partial charge on any atom is 0.229 e. The highest BCUT2D eigenvalue weighted by Gasteiger charge is 2.25. The highest BCUT2D eigenvalue weighted by Crippen LogP contribution is 2.23. The molecule has 0 atom stereocenters. The quantitative estimate of drug-likeness (QED) is 0.840. The number of anilines is 1. The third kappa shape index (κ3) is 2.94. The van der Waals surface area contributed by atoms with E-state index in [0.717, 1.165) is 37.4 Å². The number of rotatable bonds is 4. The molecule has 0 spiro atoms. The van der Waals surface area contributed by atoms with Crippen molar-refractivity contribution in [3.8, 4) is 0 Å². The molecular formula is C15H22N4O2. The van der Waals surface area contributed by atoms with Gasteiger partial charge in [-0.2, -0.15) is 5.10 Å². The van der Waals surface area contributed by atoms with Crippen molar-refractivity contribution in [2.45, 2.75) is 45.6 Å². The van der Waals surface area contributed by atoms with Crippen LogP contribution < -0.4 is 4.90 Å². The molecule has 0 radical (unpaired) electrons. The van der Waals surface area contributed by atoms with Crippen LogP contribution in [0.4, 0.5) is 5.82 Å². The van der Waals surface area contributed by atoms with Gasteiger partial charge in [0, 0.05) is 38.5 Å². The molecule has 21 heavy (non-hydrogen) atoms. The first kappa shape index (κ1) is 14.1. The Bertz CT molecular complexity index is 546. The molecule has 2 aliphatic heterocycles. The number of amides is 2. The number of carbonyl (C=O) groups is 2. The van der Waals surface area contributed by atoms with Gasteiger partial charge in [-0.25, -0.2) is 4.68 Å². The second kappa shape index (κ2) is 5.87. The molecule has 2 amide bonds. The number of hydrogen-bond acceptors (Lipinski definition) is 3. The summed E-state index contributed by atoms with van der Waals surface area (Å²) >= 11 is 0. The molecule has 0 saturated carbocycles. The Morgan fingerprint density at radius 1 is 1.29 bits per heavy atom. The fourth-order valence-corrected chi connectivity index (χ4v) is 3.13. The number of aromatic nitrogens is 2. The van der Waals surface area contributed by atoms with Crippen LogP contribution in [0.3, 0.4) is 0 Å². The SMILES string of the molecule is Cc1cc2n(n1)CCC(=O)N2CCCC(=O)N1CCCC1. The summed E-state index contributed by atoms with van der Waals surface area (Å²) in [4.78, 5) is 27.8. The Balaban J connectivity index is 1.57. The second-order valence-electron chi connectivity index (χ2n) is 5.85. The average Bonchev–Trinajstić information content (AvgIpc) is 3.09. The molecule has 6 nitrogen and oxygen atoms in total. The molecule has 114 valence electrons. The molecule has 0 N–H and O–H groups in total. The first-order valence-corrected chi connectivity index (χ1v) is 7.78. The van der Waals surface area contributed by atoms with Gasteiger partial charge in [-0.3, -0.25) is 14.5 Å². The zero-order valence-corrected chi connectivity index (χ0v) is 12.5. The van der Waals surface area contributed by atoms with E-state index in [9.17, 15) is 9.59 Å². The average molecular weight is 290 g/mol. The lowest BCUT2D eigenvalue weighted by Gasteiger charge is -2.27. The predicted molar refractivity (Wildman–Crippen MR) is 79.0 cm³/mol. The first-order chi connectivity index (χ1) is 10.1. The van der Waals surface area contributed by atoms with Crippen molar-refractivity contribution in [1.82, 2.24) is 14.7 Å². The minimum atomic E-state index is 0.135. The van der Waals surface area contributed by atoms with Crippen molar-refractivity contribution in [2.75, 3.05) is 24.5 Å². The number of aryl methyl sites for hydroxylation is 2. The van der Waals surface area contributed by atoms with E-state index in [1.807, 2.05) is 22.6 Å². The van der Waals surface area contributed by atoms with Gasteiger partial charge in [0.25, 0.3) is 0 Å². The predicted octanol–water partition coefficient (Wildman–Crippen LogP) is 1.33. The van der Waals surface area contributed by atoms with E-state index in [1.54, 1.807) is 4.90 Å². The van der Waals surface area contributed by atoms with Crippen molar-refractivity contribution in [2.24, 2.45) is 0 Å². The molecule has 3 rings (SSSR count). The molecule has 1 aromatic heterocycles. The molecule has 1 fully saturated rings. The third-order valence-electron chi connectivity index (χ3n) is 4.23. The number of hydrogen-bond donors (Lipinski definition) is 0. The summed E-state index contributed by atoms with van der Waals surface area (Å²) in [6.07, 6.45) is 3.97. The molecule has 1 saturated heterocycles. The van der Waals surface area contributed by atoms with Crippen LogP contribution in [0, 0.1) is 6.92 Å². The van der Waals surface area contributed by atoms with E-state index in [0.29, 0.717) is 32.4 Å². The molecule has 0 unspecified atom stereocenters. The Labute approximate surface area is 124 Å². The number of nitrogens with zero attached hydrogens (tertiary/aromatic N) is 4. The number of likely N-dealkylation sites (tertiary alicyclic amines) is 1. The monoisotopic (exact) mass is 290 g/mol. The van der Waals surface area contributed by atoms with E-state index in [2.05, 4.69) is 5.10 Å². The van der Waals surface area contributed by atoms with Crippen molar-refractivity contribution >= 4 is 17.6 Å². The van der Waals surface area contributed by atoms with E-state index in [-0.39, 0.29) is 11.8 Å². The highest BCUT2D eigenvalue weighted by atomic mass is 16.2. The second-order valence-corrected chi connectivity index (χ2v) is 5.85. The third-order valence-corrected chi connectivity index (χ3v) is 4.23. The maximum atomic E-state index is 12.1. The number of fused-ring (bicyclic) bond motifs is 1. The van der Waals surface area contributed by atoms with Crippen LogP contribution in [0.25, 0.3) is 0 Å². The molecule has 0 aliphatic carbocycles. The standard InChI is InChI=1S/C15H22N4O2/c1-12-11-13-18(15(21)6-10-19(13)16-12)9-4-5-14(20)17-7-2-3-8-17/h11H,2-10H2,1H3. The normalized spacial score (nSPS) is 18.2. The van der Waals surface area contributed by atoms with Crippen molar-refractivity contribution in [1.29, 1.82) is 0 Å². The summed E-state index contributed by atoms with van der Waals surface area (Å²) in [5.74, 6) is 1.23. The van der Waals surface area contributed by atoms with Crippen molar-refractivity contribution < 1.29 is 9.59 Å². The summed E-state index contributed by atoms with van der Waals surface area (Å²) in [6.45, 7) is 4.99. The van der Waals surface area contributed by atoms with Crippen LogP contribution in [0.1, 0.15) is 37.8 Å². The lowest BCUT2D eigenvalue weighted by atomic mass is 10.2. The maximum absolute atomic E-state index is 12.1. The lowest BCUT2D eigenvalue weighted by molar-refractivity contribution is -0.130. The van der Waals surface area contributed by atoms with Gasteiger partial charge >= 0.3 is 0 Å². The van der Waals surface area contributed by atoms with Crippen LogP contribution in [0.2, 0.25) is 0 Å². The minimum absolute atomic E-state index is 0.135. The van der Waals surface area contributed by atoms with Crippen molar-refractivity contribution in [3.05, 3.63) is 11.8 Å². The van der Waals surface area contributed by atoms with E-state index in [1.165, 1.54) is 0 Å². The molecule has 1 aromatic rings. The molecule has 3 heterocycles. The first-order valence-electron chi connectivity index (χ1n) is 7.78. The van der Waals surface area contributed by atoms with E-state index >= 15 is 0 Å². The summed E-state index contributed by atoms with van der Waals surface area (Å²) in [6, 6.07) is 1.94. The number of carbonyl (C=O) groups excluding carboxylic acids is 2. The van der Waals surface area contributed by atoms with Gasteiger partial charge in [-0.05, 0) is 26.2 Å². The van der Waals surface area contributed by atoms with Gasteiger partial charge in [-0.1, -0.05) is 0 Å². The molecule has 2 aliphatic rings. The largest absolute Gasteiger partial charge is 0.343 e. The zero-order valence-electron chi connectivity index (χ0n) is 12.5. The summed E-state index contributed by atoms with van der Waals surface area (Å²) in [7, 11) is 0. The van der Waals surface area contributed by atoms with Gasteiger partial charge in [0.1, 0.15) is 5.82 Å². The van der Waals surface area contributed by atoms with Crippen LogP contribution in [-0.4, -0.2) is 46.1 Å². The van der Waals surface area contributed by atoms with E-state index < -0.39 is 0 Å². The summed E-state index contributed by atoms with van der Waals surface area (Å²) in [5, 5.41) is 4.39. The Hall–Kier alpha value is -1.85. The summed E-state index contributed by atoms with van der Waals surface area (Å²) in [5.41, 5.74) is 0.929. The van der Waals surface area contributed by atoms with Crippen LogP contribution in [0.15, 0.2) is 6.07 Å². The molecule has 0 aromatic carbocycles. The zero-order chi connectivity index (χ0) is 14.8. The molecular weight excluding hydrogens is 268 g/mol. The van der Waals surface area contributed by atoms with E-state index in [4.69, 9.17) is 0 Å². The Morgan fingerprint density at radius 2 is 2.05 bits per heavy atom. The molecule has 6 heteroatoms.